The number of fused-ring (bicyclic) bond motifs is 4. The highest BCUT2D eigenvalue weighted by Gasteiger charge is 2.24. The number of imidazole rings is 2. The number of pyridine rings is 4. The minimum Gasteiger partial charge on any atom is -0.339 e. The lowest BCUT2D eigenvalue weighted by molar-refractivity contribution is 0.521. The number of nitrogens with zero attached hydrogens (tertiary/aromatic N) is 10. The molecule has 0 aliphatic heterocycles. The van der Waals surface area contributed by atoms with E-state index in [0.29, 0.717) is 25.2 Å². The fourth-order valence-electron chi connectivity index (χ4n) is 9.02. The number of H-pyrrole nitrogens is 2. The maximum Gasteiger partial charge on any atom is 0.155 e. The molecule has 1 atom stereocenters. The first-order valence-corrected chi connectivity index (χ1v) is 21.7. The van der Waals surface area contributed by atoms with Gasteiger partial charge in [-0.15, -0.1) is 0 Å². The SMILES string of the molecule is Cc1cccc(-c2[nH]c(CNC3Cc4ccccc4C3)nc2-c2ccc3ncnn3c2)n1.Cc1cccc(-c2[nH]c(CN[C@@H]3CCc4ccccc43)nc2-c2ccn3ncnc3c2)n1.[HH].[HH].[HH]. The molecule has 64 heavy (non-hydrogen) atoms. The second kappa shape index (κ2) is 16.9. The zero-order valence-electron chi connectivity index (χ0n) is 35.6. The standard InChI is InChI=1S/2C25H23N7.3H2/c1-16-5-4-8-21(29-16)25-24(19-9-10-23-27-15-28-32(23)14-19)30-22(31-25)13-26-20-11-17-6-2-3-7-18(17)12-20;1-16-5-4-8-21(29-16)25-24(18-11-12-32-23(13-18)27-15-28-32)30-22(31-25)14-26-20-10-9-17-6-2-3-7-19(17)20;;;/h2-10,14-15,20,26H,11-13H2,1H3,(H,30,31);2-8,11-13,15,20,26H,9-10,14H2,1H3,(H,30,31);3*1H/t;20-;;;/m.1.../s1. The van der Waals surface area contributed by atoms with E-state index >= 15 is 0 Å². The number of aromatic nitrogens is 12. The number of aromatic amines is 2. The number of hydrogen-bond acceptors (Lipinski definition) is 10. The van der Waals surface area contributed by atoms with Gasteiger partial charge in [0.15, 0.2) is 11.3 Å². The number of hydrogen-bond donors (Lipinski definition) is 4. The summed E-state index contributed by atoms with van der Waals surface area (Å²) in [4.78, 5) is 35.0. The van der Waals surface area contributed by atoms with Gasteiger partial charge in [0.2, 0.25) is 0 Å². The molecule has 0 unspecified atom stereocenters. The van der Waals surface area contributed by atoms with E-state index in [0.717, 1.165) is 105 Å². The molecule has 14 nitrogen and oxygen atoms in total. The molecule has 10 aromatic rings. The van der Waals surface area contributed by atoms with Crippen molar-refractivity contribution in [3.63, 3.8) is 0 Å². The van der Waals surface area contributed by atoms with Crippen LogP contribution in [0.15, 0.2) is 134 Å². The van der Waals surface area contributed by atoms with Gasteiger partial charge in [-0.1, -0.05) is 60.7 Å². The van der Waals surface area contributed by atoms with Crippen LogP contribution in [0.5, 0.6) is 0 Å². The van der Waals surface area contributed by atoms with Crippen LogP contribution in [0.25, 0.3) is 56.6 Å². The monoisotopic (exact) mass is 848 g/mol. The molecule has 0 radical (unpaired) electrons. The molecule has 2 aromatic carbocycles. The minimum absolute atomic E-state index is 0. The van der Waals surface area contributed by atoms with E-state index in [1.165, 1.54) is 22.3 Å². The molecule has 2 aliphatic carbocycles. The van der Waals surface area contributed by atoms with Crippen LogP contribution in [-0.4, -0.2) is 65.1 Å². The molecule has 8 aromatic heterocycles. The molecule has 8 heterocycles. The van der Waals surface area contributed by atoms with Crippen molar-refractivity contribution in [1.29, 1.82) is 0 Å². The third-order valence-corrected chi connectivity index (χ3v) is 12.2. The van der Waals surface area contributed by atoms with Gasteiger partial charge in [-0.25, -0.2) is 29.0 Å². The van der Waals surface area contributed by atoms with Crippen molar-refractivity contribution in [3.8, 4) is 45.3 Å². The lowest BCUT2D eigenvalue weighted by Crippen LogP contribution is -2.29. The van der Waals surface area contributed by atoms with Gasteiger partial charge in [0.1, 0.15) is 24.3 Å². The summed E-state index contributed by atoms with van der Waals surface area (Å²) in [6, 6.07) is 38.3. The second-order valence-electron chi connectivity index (χ2n) is 16.5. The summed E-state index contributed by atoms with van der Waals surface area (Å²) in [6.45, 7) is 5.33. The predicted octanol–water partition coefficient (Wildman–Crippen LogP) is 8.75. The zero-order valence-corrected chi connectivity index (χ0v) is 35.6. The Morgan fingerprint density at radius 3 is 1.94 bits per heavy atom. The van der Waals surface area contributed by atoms with Crippen LogP contribution in [0.3, 0.4) is 0 Å². The number of benzene rings is 2. The van der Waals surface area contributed by atoms with E-state index in [1.807, 2.05) is 86.9 Å². The van der Waals surface area contributed by atoms with Crippen molar-refractivity contribution in [3.05, 3.63) is 180 Å². The van der Waals surface area contributed by atoms with Crippen molar-refractivity contribution in [2.24, 2.45) is 0 Å². The highest BCUT2D eigenvalue weighted by molar-refractivity contribution is 5.79. The third kappa shape index (κ3) is 7.96. The maximum absolute atomic E-state index is 4.98. The van der Waals surface area contributed by atoms with Crippen LogP contribution in [0.4, 0.5) is 0 Å². The van der Waals surface area contributed by atoms with Crippen molar-refractivity contribution < 1.29 is 4.28 Å². The van der Waals surface area contributed by atoms with Crippen LogP contribution in [-0.2, 0) is 32.4 Å². The van der Waals surface area contributed by atoms with E-state index in [2.05, 4.69) is 89.3 Å². The van der Waals surface area contributed by atoms with Gasteiger partial charge in [-0.05, 0) is 110 Å². The topological polar surface area (TPSA) is 168 Å². The molecule has 4 N–H and O–H groups in total. The van der Waals surface area contributed by atoms with Crippen molar-refractivity contribution >= 4 is 11.3 Å². The van der Waals surface area contributed by atoms with Crippen molar-refractivity contribution in [2.45, 2.75) is 64.7 Å². The molecule has 0 saturated heterocycles. The quantitative estimate of drug-likeness (QED) is 0.105. The van der Waals surface area contributed by atoms with Gasteiger partial charge < -0.3 is 20.6 Å². The maximum atomic E-state index is 4.98. The second-order valence-corrected chi connectivity index (χ2v) is 16.5. The summed E-state index contributed by atoms with van der Waals surface area (Å²) in [7, 11) is 0. The van der Waals surface area contributed by atoms with E-state index in [4.69, 9.17) is 19.9 Å². The Balaban J connectivity index is 0.000000174. The van der Waals surface area contributed by atoms with Gasteiger partial charge in [-0.2, -0.15) is 10.2 Å². The average molecular weight is 849 g/mol. The Hall–Kier alpha value is -7.68. The number of aryl methyl sites for hydroxylation is 3. The normalized spacial score (nSPS) is 14.5. The van der Waals surface area contributed by atoms with Gasteiger partial charge in [-0.3, -0.25) is 9.97 Å². The molecular weight excluding hydrogens is 797 g/mol. The van der Waals surface area contributed by atoms with Crippen LogP contribution >= 0.6 is 0 Å². The fraction of sp³-hybridized carbons (Fsp3) is 0.200. The summed E-state index contributed by atoms with van der Waals surface area (Å²) >= 11 is 0. The molecule has 0 amide bonds. The van der Waals surface area contributed by atoms with E-state index < -0.39 is 0 Å². The Bertz CT molecular complexity index is 3260. The first-order chi connectivity index (χ1) is 31.5. The highest BCUT2D eigenvalue weighted by Crippen LogP contribution is 2.34. The van der Waals surface area contributed by atoms with E-state index in [9.17, 15) is 0 Å². The Morgan fingerprint density at radius 2 is 1.23 bits per heavy atom. The van der Waals surface area contributed by atoms with Gasteiger partial charge in [0.25, 0.3) is 0 Å². The first kappa shape index (κ1) is 39.2. The Morgan fingerprint density at radius 1 is 0.609 bits per heavy atom. The number of rotatable bonds is 10. The summed E-state index contributed by atoms with van der Waals surface area (Å²) in [5.74, 6) is 1.79. The molecule has 322 valence electrons. The van der Waals surface area contributed by atoms with Gasteiger partial charge in [0, 0.05) is 51.3 Å². The van der Waals surface area contributed by atoms with Crippen LogP contribution in [0.1, 0.15) is 62.0 Å². The van der Waals surface area contributed by atoms with Crippen LogP contribution in [0, 0.1) is 13.8 Å². The van der Waals surface area contributed by atoms with Gasteiger partial charge in [0.05, 0.1) is 47.3 Å². The van der Waals surface area contributed by atoms with E-state index in [-0.39, 0.29) is 4.28 Å². The van der Waals surface area contributed by atoms with E-state index in [1.54, 1.807) is 21.7 Å². The summed E-state index contributed by atoms with van der Waals surface area (Å²) in [5.41, 5.74) is 16.5. The molecule has 2 aliphatic rings. The Kier molecular flexibility index (Phi) is 10.3. The smallest absolute Gasteiger partial charge is 0.155 e. The minimum atomic E-state index is 0. The third-order valence-electron chi connectivity index (χ3n) is 12.2. The zero-order chi connectivity index (χ0) is 43.0. The molecule has 12 rings (SSSR count). The first-order valence-electron chi connectivity index (χ1n) is 21.7. The summed E-state index contributed by atoms with van der Waals surface area (Å²) in [5, 5.41) is 15.9. The Labute approximate surface area is 373 Å². The van der Waals surface area contributed by atoms with Crippen LogP contribution < -0.4 is 10.6 Å². The van der Waals surface area contributed by atoms with Crippen molar-refractivity contribution in [2.75, 3.05) is 0 Å². The fourth-order valence-corrected chi connectivity index (χ4v) is 9.02. The molecule has 0 spiro atoms. The lowest BCUT2D eigenvalue weighted by Gasteiger charge is -2.12. The van der Waals surface area contributed by atoms with Gasteiger partial charge >= 0.3 is 0 Å². The lowest BCUT2D eigenvalue weighted by atomic mass is 10.1. The van der Waals surface area contributed by atoms with Crippen molar-refractivity contribution in [1.82, 2.24) is 69.7 Å². The highest BCUT2D eigenvalue weighted by atomic mass is 15.3. The molecule has 0 saturated carbocycles. The molecule has 14 heteroatoms. The average Bonchev–Trinajstić information content (AvgIpc) is 4.19. The molecule has 0 fully saturated rings. The van der Waals surface area contributed by atoms with Crippen LogP contribution in [0.2, 0.25) is 0 Å². The molecular formula is C50H52N14. The predicted molar refractivity (Wildman–Crippen MR) is 252 cm³/mol. The number of nitrogens with one attached hydrogen (secondary N) is 4. The summed E-state index contributed by atoms with van der Waals surface area (Å²) in [6.07, 6.45) is 11.3. The summed E-state index contributed by atoms with van der Waals surface area (Å²) < 4.78 is 3.52. The largest absolute Gasteiger partial charge is 0.339 e. The molecule has 0 bridgehead atoms.